The number of carbonyl (C=O) groups excluding carboxylic acids is 8. The molecule has 0 aliphatic carbocycles. The molecule has 8 amide bonds. The van der Waals surface area contributed by atoms with E-state index in [1.54, 1.807) is 20.0 Å². The SMILES string of the molecule is CC(C)[C@H](NC(=O)CCCCCN1C(=O)C=CC1=O)C(=O)N[C@@H](C)C(=O)N(CCNC(=O)[C@@H](N)CCN(C(=O)CO)[C@@H](c1nn(-c2cc(F)ccc2F)cc1Cc1ccccc1)C(C)(C)C)[C@@H](CCC(N)=O)C(=O)O.O=C(O)C(F)(F)F. The Hall–Kier alpha value is -8.14. The molecule has 0 saturated carbocycles. The van der Waals surface area contributed by atoms with Crippen LogP contribution in [0.5, 0.6) is 0 Å². The third kappa shape index (κ3) is 20.8. The number of carboxylic acid groups (broad SMARTS) is 2. The highest BCUT2D eigenvalue weighted by atomic mass is 19.4. The van der Waals surface area contributed by atoms with Crippen molar-refractivity contribution >= 4 is 59.2 Å². The lowest BCUT2D eigenvalue weighted by molar-refractivity contribution is -0.192. The number of benzene rings is 2. The maximum absolute atomic E-state index is 15.2. The highest BCUT2D eigenvalue weighted by molar-refractivity contribution is 6.12. The number of amides is 8. The van der Waals surface area contributed by atoms with Crippen molar-refractivity contribution in [1.29, 1.82) is 0 Å². The summed E-state index contributed by atoms with van der Waals surface area (Å²) >= 11 is 0. The summed E-state index contributed by atoms with van der Waals surface area (Å²) in [6, 6.07) is 5.78. The van der Waals surface area contributed by atoms with Crippen LogP contribution in [0.4, 0.5) is 22.0 Å². The number of aliphatic hydroxyl groups excluding tert-OH is 1. The number of hydrogen-bond acceptors (Lipinski definition) is 13. The zero-order valence-electron chi connectivity index (χ0n) is 46.2. The molecule has 82 heavy (non-hydrogen) atoms. The maximum atomic E-state index is 15.2. The van der Waals surface area contributed by atoms with Gasteiger partial charge in [0.25, 0.3) is 11.8 Å². The van der Waals surface area contributed by atoms with Crippen molar-refractivity contribution in [1.82, 2.24) is 40.4 Å². The fourth-order valence-electron chi connectivity index (χ4n) is 8.63. The second-order valence-corrected chi connectivity index (χ2v) is 20.6. The first-order chi connectivity index (χ1) is 38.3. The molecule has 23 nitrogen and oxygen atoms in total. The van der Waals surface area contributed by atoms with E-state index in [2.05, 4.69) is 16.0 Å². The van der Waals surface area contributed by atoms with Crippen LogP contribution in [0.1, 0.15) is 109 Å². The van der Waals surface area contributed by atoms with Gasteiger partial charge in [0, 0.05) is 75.4 Å². The predicted molar refractivity (Wildman–Crippen MR) is 283 cm³/mol. The summed E-state index contributed by atoms with van der Waals surface area (Å²) in [5.74, 6) is -11.5. The van der Waals surface area contributed by atoms with Crippen LogP contribution in [0, 0.1) is 23.0 Å². The van der Waals surface area contributed by atoms with Crippen LogP contribution >= 0.6 is 0 Å². The Labute approximate surface area is 469 Å². The van der Waals surface area contributed by atoms with Gasteiger partial charge in [0.2, 0.25) is 35.4 Å². The molecule has 2 heterocycles. The predicted octanol–water partition coefficient (Wildman–Crippen LogP) is 2.79. The van der Waals surface area contributed by atoms with Gasteiger partial charge in [-0.1, -0.05) is 71.4 Å². The van der Waals surface area contributed by atoms with E-state index in [9.17, 15) is 70.9 Å². The van der Waals surface area contributed by atoms with E-state index in [4.69, 9.17) is 26.5 Å². The Morgan fingerprint density at radius 3 is 1.98 bits per heavy atom. The van der Waals surface area contributed by atoms with Gasteiger partial charge in [-0.15, -0.1) is 0 Å². The van der Waals surface area contributed by atoms with Crippen LogP contribution in [-0.4, -0.2) is 162 Å². The van der Waals surface area contributed by atoms with Crippen molar-refractivity contribution in [3.05, 3.63) is 95.3 Å². The molecule has 10 N–H and O–H groups in total. The monoisotopic (exact) mass is 1160 g/mol. The van der Waals surface area contributed by atoms with E-state index in [-0.39, 0.29) is 44.6 Å². The molecular formula is C54H71F5N10O13. The van der Waals surface area contributed by atoms with Crippen molar-refractivity contribution < 1.29 is 85.2 Å². The number of alkyl halides is 3. The molecule has 0 bridgehead atoms. The number of carboxylic acids is 2. The summed E-state index contributed by atoms with van der Waals surface area (Å²) in [4.78, 5) is 128. The van der Waals surface area contributed by atoms with Gasteiger partial charge in [-0.05, 0) is 61.6 Å². The average Bonchev–Trinajstić information content (AvgIpc) is 4.16. The van der Waals surface area contributed by atoms with E-state index in [1.165, 1.54) is 28.7 Å². The number of nitrogens with zero attached hydrogens (tertiary/aromatic N) is 5. The molecule has 3 aromatic rings. The molecule has 5 atom stereocenters. The van der Waals surface area contributed by atoms with Gasteiger partial charge in [-0.2, -0.15) is 18.3 Å². The minimum absolute atomic E-state index is 0.0235. The highest BCUT2D eigenvalue weighted by Gasteiger charge is 2.40. The van der Waals surface area contributed by atoms with Gasteiger partial charge in [0.1, 0.15) is 42.1 Å². The molecule has 4 rings (SSSR count). The van der Waals surface area contributed by atoms with Crippen molar-refractivity contribution in [3.8, 4) is 5.69 Å². The van der Waals surface area contributed by atoms with Crippen LogP contribution < -0.4 is 27.4 Å². The van der Waals surface area contributed by atoms with Crippen LogP contribution in [-0.2, 0) is 54.4 Å². The van der Waals surface area contributed by atoms with Gasteiger partial charge in [0.15, 0.2) is 0 Å². The van der Waals surface area contributed by atoms with Crippen molar-refractivity contribution in [2.24, 2.45) is 22.8 Å². The molecular weight excluding hydrogens is 1090 g/mol. The molecule has 1 aliphatic rings. The zero-order valence-corrected chi connectivity index (χ0v) is 46.2. The second-order valence-electron chi connectivity index (χ2n) is 20.6. The summed E-state index contributed by atoms with van der Waals surface area (Å²) in [5, 5.41) is 40.1. The molecule has 2 aromatic carbocycles. The molecule has 1 aliphatic heterocycles. The Morgan fingerprint density at radius 1 is 0.805 bits per heavy atom. The number of nitrogens with two attached hydrogens (primary N) is 2. The summed E-state index contributed by atoms with van der Waals surface area (Å²) < 4.78 is 62.5. The summed E-state index contributed by atoms with van der Waals surface area (Å²) in [6.07, 6.45) is -0.532. The maximum Gasteiger partial charge on any atom is 0.490 e. The number of imide groups is 1. The number of aliphatic hydroxyl groups is 1. The number of aromatic nitrogens is 2. The number of nitrogens with one attached hydrogen (secondary N) is 3. The Balaban J connectivity index is 0.00000236. The summed E-state index contributed by atoms with van der Waals surface area (Å²) in [7, 11) is 0. The normalized spacial score (nSPS) is 14.2. The van der Waals surface area contributed by atoms with E-state index < -0.39 is 145 Å². The molecule has 1 aromatic heterocycles. The Morgan fingerprint density at radius 2 is 1.43 bits per heavy atom. The van der Waals surface area contributed by atoms with Crippen LogP contribution in [0.2, 0.25) is 0 Å². The van der Waals surface area contributed by atoms with E-state index in [1.807, 2.05) is 51.1 Å². The number of rotatable bonds is 29. The van der Waals surface area contributed by atoms with Crippen molar-refractivity contribution in [2.45, 2.75) is 129 Å². The number of hydrogen-bond donors (Lipinski definition) is 8. The molecule has 0 radical (unpaired) electrons. The van der Waals surface area contributed by atoms with Crippen molar-refractivity contribution in [3.63, 3.8) is 0 Å². The van der Waals surface area contributed by atoms with Gasteiger partial charge in [-0.3, -0.25) is 43.3 Å². The van der Waals surface area contributed by atoms with Crippen molar-refractivity contribution in [2.75, 3.05) is 32.8 Å². The highest BCUT2D eigenvalue weighted by Crippen LogP contribution is 2.40. The Kier molecular flexibility index (Phi) is 25.9. The van der Waals surface area contributed by atoms with Gasteiger partial charge in [0.05, 0.1) is 17.8 Å². The van der Waals surface area contributed by atoms with Crippen LogP contribution in [0.15, 0.2) is 66.9 Å². The number of carbonyl (C=O) groups is 10. The number of unbranched alkanes of at least 4 members (excludes halogenated alkanes) is 2. The zero-order chi connectivity index (χ0) is 61.8. The number of primary amides is 1. The lowest BCUT2D eigenvalue weighted by atomic mass is 9.81. The van der Waals surface area contributed by atoms with E-state index in [0.717, 1.165) is 33.6 Å². The van der Waals surface area contributed by atoms with Crippen LogP contribution in [0.25, 0.3) is 5.69 Å². The third-order valence-corrected chi connectivity index (χ3v) is 12.8. The van der Waals surface area contributed by atoms with E-state index >= 15 is 4.39 Å². The first-order valence-electron chi connectivity index (χ1n) is 26.0. The third-order valence-electron chi connectivity index (χ3n) is 12.8. The topological polar surface area (TPSA) is 347 Å². The van der Waals surface area contributed by atoms with Crippen LogP contribution in [0.3, 0.4) is 0 Å². The number of aliphatic carboxylic acids is 2. The molecule has 0 unspecified atom stereocenters. The molecule has 0 saturated heterocycles. The molecule has 0 spiro atoms. The minimum atomic E-state index is -5.08. The van der Waals surface area contributed by atoms with E-state index in [0.29, 0.717) is 30.5 Å². The standard InChI is InChI=1S/C52H70F2N10O11.C2HF3O2/c1-31(2)45(59-41(67)15-11-8-12-24-62-42(68)20-21-43(62)69)49(72)58-32(3)50(73)61(38(51(74)75)18-19-40(56)66)26-23-57-48(71)37(55)22-25-63(44(70)30-65)47(52(4,5)6)46-34(27-33-13-9-7-10-14-33)29-64(60-46)39-28-35(53)16-17-36(39)54;3-2(4,5)1(6)7/h7,9-10,13-14,16-17,20-21,28-29,31-32,37-38,45,47,65H,8,11-12,15,18-19,22-27,30,55H2,1-6H3,(H2,56,66)(H,57,71)(H,58,72)(H,59,67)(H,74,75);(H,6,7)/t32-,37-,38-,45-,47-;/m0./s1. The second kappa shape index (κ2) is 31.2. The molecule has 0 fully saturated rings. The minimum Gasteiger partial charge on any atom is -0.480 e. The first-order valence-corrected chi connectivity index (χ1v) is 26.0. The average molecular weight is 1160 g/mol. The molecule has 28 heteroatoms. The first kappa shape index (κ1) is 68.1. The molecule has 450 valence electrons. The van der Waals surface area contributed by atoms with Gasteiger partial charge >= 0.3 is 18.1 Å². The number of halogens is 5. The smallest absolute Gasteiger partial charge is 0.480 e. The fraction of sp³-hybridized carbons (Fsp3) is 0.500. The lowest BCUT2D eigenvalue weighted by Crippen LogP contribution is -2.58. The summed E-state index contributed by atoms with van der Waals surface area (Å²) in [6.45, 7) is 8.34. The fourth-order valence-corrected chi connectivity index (χ4v) is 8.63. The largest absolute Gasteiger partial charge is 0.490 e. The summed E-state index contributed by atoms with van der Waals surface area (Å²) in [5.41, 5.74) is 12.4. The van der Waals surface area contributed by atoms with Gasteiger partial charge in [-0.25, -0.2) is 23.1 Å². The van der Waals surface area contributed by atoms with Gasteiger partial charge < -0.3 is 52.5 Å². The lowest BCUT2D eigenvalue weighted by Gasteiger charge is -2.40. The Bertz CT molecular complexity index is 2770. The quantitative estimate of drug-likeness (QED) is 0.0282.